The van der Waals surface area contributed by atoms with Gasteiger partial charge in [-0.1, -0.05) is 50.2 Å². The maximum absolute atomic E-state index is 11.8. The highest BCUT2D eigenvalue weighted by Gasteiger charge is 2.31. The van der Waals surface area contributed by atoms with E-state index in [1.807, 2.05) is 37.8 Å². The second-order valence-electron chi connectivity index (χ2n) is 7.06. The summed E-state index contributed by atoms with van der Waals surface area (Å²) in [5.74, 6) is 0.861. The Bertz CT molecular complexity index is 717. The van der Waals surface area contributed by atoms with Crippen molar-refractivity contribution < 1.29 is 9.32 Å². The molecule has 1 aliphatic heterocycles. The highest BCUT2D eigenvalue weighted by atomic mass is 16.5. The van der Waals surface area contributed by atoms with Gasteiger partial charge in [-0.15, -0.1) is 0 Å². The van der Waals surface area contributed by atoms with Crippen LogP contribution in [0, 0.1) is 0 Å². The van der Waals surface area contributed by atoms with Crippen LogP contribution in [0.4, 0.5) is 0 Å². The van der Waals surface area contributed by atoms with Gasteiger partial charge in [0.15, 0.2) is 5.82 Å². The number of carbonyl (C=O) groups excluding carboxylic acids is 1. The van der Waals surface area contributed by atoms with E-state index in [-0.39, 0.29) is 17.4 Å². The molecular formula is C17H22N4O2. The van der Waals surface area contributed by atoms with Gasteiger partial charge in [0.1, 0.15) is 0 Å². The molecule has 0 fully saturated rings. The second kappa shape index (κ2) is 5.77. The number of hydrogen-bond acceptors (Lipinski definition) is 5. The summed E-state index contributed by atoms with van der Waals surface area (Å²) in [7, 11) is 0. The molecule has 2 heterocycles. The van der Waals surface area contributed by atoms with Crippen LogP contribution in [0.2, 0.25) is 0 Å². The Morgan fingerprint density at radius 2 is 2.04 bits per heavy atom. The van der Waals surface area contributed by atoms with Crippen LogP contribution in [0.15, 0.2) is 28.8 Å². The van der Waals surface area contributed by atoms with E-state index in [2.05, 4.69) is 22.3 Å². The molecule has 1 aromatic carbocycles. The summed E-state index contributed by atoms with van der Waals surface area (Å²) >= 11 is 0. The molecule has 0 bridgehead atoms. The maximum atomic E-state index is 11.8. The number of fused-ring (bicyclic) bond motifs is 1. The highest BCUT2D eigenvalue weighted by molar-refractivity contribution is 5.80. The quantitative estimate of drug-likeness (QED) is 0.933. The van der Waals surface area contributed by atoms with E-state index in [0.29, 0.717) is 31.2 Å². The summed E-state index contributed by atoms with van der Waals surface area (Å²) < 4.78 is 5.33. The number of amides is 1. The molecule has 3 rings (SSSR count). The molecule has 0 radical (unpaired) electrons. The molecule has 0 aliphatic carbocycles. The van der Waals surface area contributed by atoms with Crippen LogP contribution in [0.1, 0.15) is 43.6 Å². The van der Waals surface area contributed by atoms with E-state index in [1.165, 1.54) is 11.1 Å². The number of carbonyl (C=O) groups is 1. The van der Waals surface area contributed by atoms with Gasteiger partial charge in [-0.3, -0.25) is 9.69 Å². The topological polar surface area (TPSA) is 85.3 Å². The normalized spacial score (nSPS) is 18.7. The molecule has 1 amide bonds. The first kappa shape index (κ1) is 15.7. The molecule has 2 N–H and O–H groups in total. The van der Waals surface area contributed by atoms with E-state index >= 15 is 0 Å². The Labute approximate surface area is 135 Å². The Hall–Kier alpha value is -2.21. The molecule has 122 valence electrons. The molecule has 1 atom stereocenters. The summed E-state index contributed by atoms with van der Waals surface area (Å²) in [6, 6.07) is 7.78. The SMILES string of the molecule is CC(C)(C)c1nc(CN2Cc3ccccc3C[C@@H]2C(N)=O)no1. The number of aromatic nitrogens is 2. The molecule has 6 nitrogen and oxygen atoms in total. The van der Waals surface area contributed by atoms with Crippen molar-refractivity contribution in [2.24, 2.45) is 5.73 Å². The van der Waals surface area contributed by atoms with E-state index in [9.17, 15) is 4.79 Å². The van der Waals surface area contributed by atoms with Crippen LogP contribution in [0.5, 0.6) is 0 Å². The lowest BCUT2D eigenvalue weighted by Crippen LogP contribution is -2.48. The van der Waals surface area contributed by atoms with E-state index in [4.69, 9.17) is 10.3 Å². The van der Waals surface area contributed by atoms with Gasteiger partial charge in [-0.2, -0.15) is 4.98 Å². The fourth-order valence-electron chi connectivity index (χ4n) is 2.83. The maximum Gasteiger partial charge on any atom is 0.235 e. The molecule has 1 aromatic heterocycles. The second-order valence-corrected chi connectivity index (χ2v) is 7.06. The zero-order valence-corrected chi connectivity index (χ0v) is 13.7. The molecule has 1 aliphatic rings. The Morgan fingerprint density at radius 3 is 2.65 bits per heavy atom. The van der Waals surface area contributed by atoms with Crippen LogP contribution in [-0.4, -0.2) is 27.0 Å². The summed E-state index contributed by atoms with van der Waals surface area (Å²) in [6.07, 6.45) is 0.621. The van der Waals surface area contributed by atoms with E-state index in [0.717, 1.165) is 0 Å². The van der Waals surface area contributed by atoms with Crippen molar-refractivity contribution in [1.29, 1.82) is 0 Å². The largest absolute Gasteiger partial charge is 0.368 e. The van der Waals surface area contributed by atoms with Crippen LogP contribution < -0.4 is 5.73 Å². The lowest BCUT2D eigenvalue weighted by Gasteiger charge is -2.34. The number of nitrogens with two attached hydrogens (primary N) is 1. The fourth-order valence-corrected chi connectivity index (χ4v) is 2.83. The zero-order valence-electron chi connectivity index (χ0n) is 13.7. The molecule has 2 aromatic rings. The third-order valence-electron chi connectivity index (χ3n) is 4.13. The predicted octanol–water partition coefficient (Wildman–Crippen LogP) is 1.78. The highest BCUT2D eigenvalue weighted by Crippen LogP contribution is 2.25. The van der Waals surface area contributed by atoms with Gasteiger partial charge in [0.05, 0.1) is 12.6 Å². The fraction of sp³-hybridized carbons (Fsp3) is 0.471. The average molecular weight is 314 g/mol. The third-order valence-corrected chi connectivity index (χ3v) is 4.13. The molecule has 0 unspecified atom stereocenters. The smallest absolute Gasteiger partial charge is 0.235 e. The molecular weight excluding hydrogens is 292 g/mol. The minimum Gasteiger partial charge on any atom is -0.368 e. The van der Waals surface area contributed by atoms with Crippen molar-refractivity contribution in [3.63, 3.8) is 0 Å². The lowest BCUT2D eigenvalue weighted by atomic mass is 9.93. The average Bonchev–Trinajstić information content (AvgIpc) is 2.95. The van der Waals surface area contributed by atoms with E-state index < -0.39 is 0 Å². The number of primary amides is 1. The lowest BCUT2D eigenvalue weighted by molar-refractivity contribution is -0.124. The van der Waals surface area contributed by atoms with Crippen molar-refractivity contribution in [3.05, 3.63) is 47.1 Å². The number of nitrogens with zero attached hydrogens (tertiary/aromatic N) is 3. The Kier molecular flexibility index (Phi) is 3.93. The zero-order chi connectivity index (χ0) is 16.6. The van der Waals surface area contributed by atoms with E-state index in [1.54, 1.807) is 0 Å². The van der Waals surface area contributed by atoms with Crippen molar-refractivity contribution in [2.45, 2.75) is 51.7 Å². The van der Waals surface area contributed by atoms with Crippen LogP contribution in [0.3, 0.4) is 0 Å². The van der Waals surface area contributed by atoms with Gasteiger partial charge >= 0.3 is 0 Å². The molecule has 23 heavy (non-hydrogen) atoms. The van der Waals surface area contributed by atoms with Gasteiger partial charge in [-0.25, -0.2) is 0 Å². The number of hydrogen-bond donors (Lipinski definition) is 1. The third kappa shape index (κ3) is 3.27. The monoisotopic (exact) mass is 314 g/mol. The van der Waals surface area contributed by atoms with Gasteiger partial charge in [0.25, 0.3) is 0 Å². The van der Waals surface area contributed by atoms with Gasteiger partial charge < -0.3 is 10.3 Å². The van der Waals surface area contributed by atoms with Crippen LogP contribution >= 0.6 is 0 Å². The molecule has 6 heteroatoms. The van der Waals surface area contributed by atoms with Gasteiger partial charge in [0.2, 0.25) is 11.8 Å². The first-order valence-electron chi connectivity index (χ1n) is 7.78. The first-order chi connectivity index (χ1) is 10.8. The van der Waals surface area contributed by atoms with Gasteiger partial charge in [-0.05, 0) is 17.5 Å². The van der Waals surface area contributed by atoms with Crippen molar-refractivity contribution in [2.75, 3.05) is 0 Å². The first-order valence-corrected chi connectivity index (χ1v) is 7.78. The predicted molar refractivity (Wildman–Crippen MR) is 85.4 cm³/mol. The molecule has 0 saturated heterocycles. The summed E-state index contributed by atoms with van der Waals surface area (Å²) in [5, 5.41) is 4.05. The molecule has 0 spiro atoms. The summed E-state index contributed by atoms with van der Waals surface area (Å²) in [5.41, 5.74) is 7.80. The molecule has 0 saturated carbocycles. The minimum atomic E-state index is -0.346. The number of benzene rings is 1. The number of rotatable bonds is 3. The van der Waals surface area contributed by atoms with Crippen molar-refractivity contribution in [1.82, 2.24) is 15.0 Å². The summed E-state index contributed by atoms with van der Waals surface area (Å²) in [4.78, 5) is 18.3. The van der Waals surface area contributed by atoms with Crippen LogP contribution in [-0.2, 0) is 29.7 Å². The Morgan fingerprint density at radius 1 is 1.35 bits per heavy atom. The van der Waals surface area contributed by atoms with Gasteiger partial charge in [0, 0.05) is 12.0 Å². The van der Waals surface area contributed by atoms with Crippen molar-refractivity contribution >= 4 is 5.91 Å². The Balaban J connectivity index is 1.83. The van der Waals surface area contributed by atoms with Crippen LogP contribution in [0.25, 0.3) is 0 Å². The standard InChI is InChI=1S/C17H22N4O2/c1-17(2,3)16-19-14(20-23-16)10-21-9-12-7-5-4-6-11(12)8-13(21)15(18)22/h4-7,13H,8-10H2,1-3H3,(H2,18,22)/t13-/m1/s1. The minimum absolute atomic E-state index is 0.192. The summed E-state index contributed by atoms with van der Waals surface area (Å²) in [6.45, 7) is 7.17. The van der Waals surface area contributed by atoms with Crippen molar-refractivity contribution in [3.8, 4) is 0 Å².